The van der Waals surface area contributed by atoms with Crippen LogP contribution in [0.25, 0.3) is 0 Å². The molecule has 3 heterocycles. The van der Waals surface area contributed by atoms with Crippen molar-refractivity contribution in [2.45, 2.75) is 19.4 Å². The lowest BCUT2D eigenvalue weighted by Crippen LogP contribution is -2.40. The smallest absolute Gasteiger partial charge is 0.290 e. The lowest BCUT2D eigenvalue weighted by atomic mass is 9.87. The van der Waals surface area contributed by atoms with Crippen LogP contribution in [0.15, 0.2) is 65.5 Å². The minimum absolute atomic E-state index is 0.0833. The third-order valence-corrected chi connectivity index (χ3v) is 4.52. The number of pyridine rings is 1. The van der Waals surface area contributed by atoms with Crippen molar-refractivity contribution >= 4 is 5.91 Å². The maximum Gasteiger partial charge on any atom is 0.290 e. The van der Waals surface area contributed by atoms with Crippen LogP contribution in [0, 0.1) is 6.92 Å². The summed E-state index contributed by atoms with van der Waals surface area (Å²) in [6, 6.07) is 13.7. The average Bonchev–Trinajstić information content (AvgIpc) is 3.15. The first-order valence-corrected chi connectivity index (χ1v) is 8.08. The second-order valence-corrected chi connectivity index (χ2v) is 6.12. The van der Waals surface area contributed by atoms with Crippen LogP contribution in [0.3, 0.4) is 0 Å². The van der Waals surface area contributed by atoms with Gasteiger partial charge in [0.1, 0.15) is 0 Å². The Bertz CT molecular complexity index is 857. The van der Waals surface area contributed by atoms with Crippen molar-refractivity contribution in [2.75, 3.05) is 6.54 Å². The van der Waals surface area contributed by atoms with Gasteiger partial charge in [-0.2, -0.15) is 0 Å². The highest BCUT2D eigenvalue weighted by atomic mass is 16.3. The van der Waals surface area contributed by atoms with Crippen LogP contribution in [0.2, 0.25) is 0 Å². The Hall–Kier alpha value is -2.88. The molecule has 0 aliphatic carbocycles. The molecule has 120 valence electrons. The maximum absolute atomic E-state index is 12.9. The first-order valence-electron chi connectivity index (χ1n) is 8.08. The zero-order valence-corrected chi connectivity index (χ0v) is 13.5. The molecule has 4 nitrogen and oxygen atoms in total. The highest BCUT2D eigenvalue weighted by Gasteiger charge is 2.33. The second-order valence-electron chi connectivity index (χ2n) is 6.12. The quantitative estimate of drug-likeness (QED) is 0.722. The van der Waals surface area contributed by atoms with Gasteiger partial charge in [0.15, 0.2) is 5.76 Å². The van der Waals surface area contributed by atoms with Crippen molar-refractivity contribution in [2.24, 2.45) is 0 Å². The summed E-state index contributed by atoms with van der Waals surface area (Å²) in [5.74, 6) is 0.291. The van der Waals surface area contributed by atoms with Gasteiger partial charge in [0.2, 0.25) is 0 Å². The Morgan fingerprint density at radius 2 is 2.17 bits per heavy atom. The molecular formula is C20H18N2O2. The molecule has 1 aromatic carbocycles. The van der Waals surface area contributed by atoms with Crippen LogP contribution in [-0.4, -0.2) is 22.3 Å². The van der Waals surface area contributed by atoms with E-state index in [1.54, 1.807) is 18.3 Å². The molecule has 3 aromatic rings. The summed E-state index contributed by atoms with van der Waals surface area (Å²) in [5.41, 5.74) is 4.72. The van der Waals surface area contributed by atoms with Crippen LogP contribution in [-0.2, 0) is 6.42 Å². The molecule has 1 aliphatic heterocycles. The maximum atomic E-state index is 12.9. The topological polar surface area (TPSA) is 46.3 Å². The largest absolute Gasteiger partial charge is 0.459 e. The molecule has 1 atom stereocenters. The van der Waals surface area contributed by atoms with E-state index in [0.717, 1.165) is 12.0 Å². The first kappa shape index (κ1) is 14.7. The summed E-state index contributed by atoms with van der Waals surface area (Å²) in [5, 5.41) is 0. The first-order chi connectivity index (χ1) is 11.7. The Morgan fingerprint density at radius 3 is 2.92 bits per heavy atom. The third-order valence-electron chi connectivity index (χ3n) is 4.52. The number of hydrogen-bond acceptors (Lipinski definition) is 3. The summed E-state index contributed by atoms with van der Waals surface area (Å²) < 4.78 is 5.33. The molecule has 0 spiro atoms. The minimum atomic E-state index is -0.138. The minimum Gasteiger partial charge on any atom is -0.459 e. The molecule has 0 radical (unpaired) electrons. The molecule has 1 amide bonds. The van der Waals surface area contributed by atoms with Gasteiger partial charge in [0, 0.05) is 18.9 Å². The monoisotopic (exact) mass is 318 g/mol. The second kappa shape index (κ2) is 5.96. The Balaban J connectivity index is 1.82. The van der Waals surface area contributed by atoms with Crippen LogP contribution < -0.4 is 0 Å². The standard InChI is InChI=1S/C20H18N2O2/c1-14-6-7-17-15(12-14)8-10-22(20(23)18-5-3-11-24-18)19(17)16-4-2-9-21-13-16/h2-7,9,11-13,19H,8,10H2,1H3. The van der Waals surface area contributed by atoms with E-state index in [2.05, 4.69) is 30.1 Å². The van der Waals surface area contributed by atoms with Gasteiger partial charge in [0.05, 0.1) is 12.3 Å². The number of hydrogen-bond donors (Lipinski definition) is 0. The Labute approximate surface area is 140 Å². The van der Waals surface area contributed by atoms with E-state index in [4.69, 9.17) is 4.42 Å². The van der Waals surface area contributed by atoms with Crippen molar-refractivity contribution in [3.63, 3.8) is 0 Å². The number of fused-ring (bicyclic) bond motifs is 1. The van der Waals surface area contributed by atoms with Gasteiger partial charge < -0.3 is 9.32 Å². The molecule has 1 unspecified atom stereocenters. The van der Waals surface area contributed by atoms with Gasteiger partial charge >= 0.3 is 0 Å². The number of rotatable bonds is 2. The number of carbonyl (C=O) groups excluding carboxylic acids is 1. The zero-order valence-electron chi connectivity index (χ0n) is 13.5. The molecule has 1 aliphatic rings. The normalized spacial score (nSPS) is 16.7. The van der Waals surface area contributed by atoms with E-state index in [1.807, 2.05) is 23.2 Å². The van der Waals surface area contributed by atoms with Gasteiger partial charge in [-0.25, -0.2) is 0 Å². The molecule has 2 aromatic heterocycles. The number of nitrogens with zero attached hydrogens (tertiary/aromatic N) is 2. The number of benzene rings is 1. The predicted octanol–water partition coefficient (Wildman–Crippen LogP) is 3.77. The van der Waals surface area contributed by atoms with Gasteiger partial charge in [-0.15, -0.1) is 0 Å². The summed E-state index contributed by atoms with van der Waals surface area (Å²) in [4.78, 5) is 19.1. The highest BCUT2D eigenvalue weighted by molar-refractivity contribution is 5.92. The van der Waals surface area contributed by atoms with E-state index in [-0.39, 0.29) is 11.9 Å². The Morgan fingerprint density at radius 1 is 1.25 bits per heavy atom. The van der Waals surface area contributed by atoms with Crippen molar-refractivity contribution in [1.29, 1.82) is 0 Å². The van der Waals surface area contributed by atoms with E-state index in [9.17, 15) is 4.79 Å². The van der Waals surface area contributed by atoms with Crippen molar-refractivity contribution < 1.29 is 9.21 Å². The summed E-state index contributed by atoms with van der Waals surface area (Å²) in [7, 11) is 0. The molecule has 0 N–H and O–H groups in total. The van der Waals surface area contributed by atoms with E-state index >= 15 is 0 Å². The van der Waals surface area contributed by atoms with Crippen molar-refractivity contribution in [3.8, 4) is 0 Å². The van der Waals surface area contributed by atoms with Gasteiger partial charge in [-0.1, -0.05) is 29.8 Å². The molecule has 0 bridgehead atoms. The van der Waals surface area contributed by atoms with Gasteiger partial charge in [0.25, 0.3) is 5.91 Å². The van der Waals surface area contributed by atoms with Crippen molar-refractivity contribution in [3.05, 3.63) is 89.1 Å². The van der Waals surface area contributed by atoms with E-state index in [0.29, 0.717) is 12.3 Å². The number of aromatic nitrogens is 1. The van der Waals surface area contributed by atoms with Crippen LogP contribution in [0.4, 0.5) is 0 Å². The number of furan rings is 1. The number of aryl methyl sites for hydroxylation is 1. The lowest BCUT2D eigenvalue weighted by Gasteiger charge is -2.37. The van der Waals surface area contributed by atoms with E-state index in [1.165, 1.54) is 23.0 Å². The molecular weight excluding hydrogens is 300 g/mol. The third kappa shape index (κ3) is 2.50. The summed E-state index contributed by atoms with van der Waals surface area (Å²) in [6.07, 6.45) is 5.97. The molecule has 0 saturated carbocycles. The fourth-order valence-corrected chi connectivity index (χ4v) is 3.41. The number of carbonyl (C=O) groups is 1. The van der Waals surface area contributed by atoms with Crippen LogP contribution >= 0.6 is 0 Å². The van der Waals surface area contributed by atoms with E-state index < -0.39 is 0 Å². The van der Waals surface area contributed by atoms with Gasteiger partial charge in [-0.05, 0) is 48.2 Å². The van der Waals surface area contributed by atoms with Gasteiger partial charge in [-0.3, -0.25) is 9.78 Å². The number of amides is 1. The molecule has 4 rings (SSSR count). The average molecular weight is 318 g/mol. The molecule has 24 heavy (non-hydrogen) atoms. The molecule has 4 heteroatoms. The molecule has 0 saturated heterocycles. The summed E-state index contributed by atoms with van der Waals surface area (Å²) >= 11 is 0. The highest BCUT2D eigenvalue weighted by Crippen LogP contribution is 2.36. The fraction of sp³-hybridized carbons (Fsp3) is 0.200. The SMILES string of the molecule is Cc1ccc2c(c1)CCN(C(=O)c1ccco1)C2c1cccnc1. The summed E-state index contributed by atoms with van der Waals surface area (Å²) in [6.45, 7) is 2.76. The lowest BCUT2D eigenvalue weighted by molar-refractivity contribution is 0.0661. The zero-order chi connectivity index (χ0) is 16.5. The predicted molar refractivity (Wildman–Crippen MR) is 90.7 cm³/mol. The Kier molecular flexibility index (Phi) is 3.65. The van der Waals surface area contributed by atoms with Crippen LogP contribution in [0.5, 0.6) is 0 Å². The molecule has 0 fully saturated rings. The van der Waals surface area contributed by atoms with Crippen molar-refractivity contribution in [1.82, 2.24) is 9.88 Å². The van der Waals surface area contributed by atoms with Crippen LogP contribution in [0.1, 0.15) is 38.9 Å². The fourth-order valence-electron chi connectivity index (χ4n) is 3.41.